The van der Waals surface area contributed by atoms with Crippen LogP contribution in [0.5, 0.6) is 0 Å². The Kier molecular flexibility index (Phi) is 5.72. The summed E-state index contributed by atoms with van der Waals surface area (Å²) in [5.41, 5.74) is 4.01. The molecule has 1 heterocycles. The fourth-order valence-electron chi connectivity index (χ4n) is 3.86. The van der Waals surface area contributed by atoms with Gasteiger partial charge < -0.3 is 15.0 Å². The average molecular weight is 421 g/mol. The lowest BCUT2D eigenvalue weighted by Crippen LogP contribution is -2.43. The molecule has 0 saturated carbocycles. The SMILES string of the molecule is COC(=O)c1ccccc1NC(=O)N1CCc2ccccc2C1c1ccc(Cl)cc1. The molecular formula is C24H21ClN2O3. The summed E-state index contributed by atoms with van der Waals surface area (Å²) < 4.78 is 4.84. The fraction of sp³-hybridized carbons (Fsp3) is 0.167. The van der Waals surface area contributed by atoms with Crippen molar-refractivity contribution >= 4 is 29.3 Å². The van der Waals surface area contributed by atoms with Crippen molar-refractivity contribution in [2.45, 2.75) is 12.5 Å². The monoisotopic (exact) mass is 420 g/mol. The summed E-state index contributed by atoms with van der Waals surface area (Å²) in [6, 6.07) is 22.0. The van der Waals surface area contributed by atoms with Crippen LogP contribution < -0.4 is 5.32 Å². The Bertz CT molecular complexity index is 1080. The second kappa shape index (κ2) is 8.59. The molecule has 2 amide bonds. The van der Waals surface area contributed by atoms with E-state index < -0.39 is 5.97 Å². The Morgan fingerprint density at radius 2 is 1.70 bits per heavy atom. The molecule has 5 nitrogen and oxygen atoms in total. The summed E-state index contributed by atoms with van der Waals surface area (Å²) in [5.74, 6) is -0.496. The van der Waals surface area contributed by atoms with Crippen LogP contribution >= 0.6 is 11.6 Å². The number of carbonyl (C=O) groups is 2. The number of fused-ring (bicyclic) bond motifs is 1. The predicted octanol–water partition coefficient (Wildman–Crippen LogP) is 5.31. The number of hydrogen-bond donors (Lipinski definition) is 1. The highest BCUT2D eigenvalue weighted by Gasteiger charge is 2.32. The molecule has 6 heteroatoms. The van der Waals surface area contributed by atoms with Gasteiger partial charge in [0.05, 0.1) is 24.4 Å². The second-order valence-electron chi connectivity index (χ2n) is 7.06. The van der Waals surface area contributed by atoms with Gasteiger partial charge in [0.25, 0.3) is 0 Å². The van der Waals surface area contributed by atoms with Crippen LogP contribution in [0.3, 0.4) is 0 Å². The molecule has 0 aliphatic carbocycles. The van der Waals surface area contributed by atoms with Crippen molar-refractivity contribution in [2.75, 3.05) is 19.0 Å². The molecule has 1 N–H and O–H groups in total. The summed E-state index contributed by atoms with van der Waals surface area (Å²) in [5, 5.41) is 3.54. The minimum atomic E-state index is -0.496. The number of urea groups is 1. The Balaban J connectivity index is 1.70. The largest absolute Gasteiger partial charge is 0.465 e. The molecule has 0 radical (unpaired) electrons. The van der Waals surface area contributed by atoms with Crippen LogP contribution in [-0.4, -0.2) is 30.6 Å². The van der Waals surface area contributed by atoms with E-state index in [1.54, 1.807) is 29.2 Å². The first kappa shape index (κ1) is 20.0. The zero-order valence-corrected chi connectivity index (χ0v) is 17.2. The number of benzene rings is 3. The van der Waals surface area contributed by atoms with Crippen LogP contribution in [0.25, 0.3) is 0 Å². The number of rotatable bonds is 3. The zero-order chi connectivity index (χ0) is 21.1. The van der Waals surface area contributed by atoms with E-state index in [2.05, 4.69) is 17.4 Å². The van der Waals surface area contributed by atoms with Crippen molar-refractivity contribution in [1.82, 2.24) is 4.90 Å². The zero-order valence-electron chi connectivity index (χ0n) is 16.5. The summed E-state index contributed by atoms with van der Waals surface area (Å²) in [6.45, 7) is 0.552. The van der Waals surface area contributed by atoms with Gasteiger partial charge in [0.1, 0.15) is 0 Å². The Labute approximate surface area is 180 Å². The molecular weight excluding hydrogens is 400 g/mol. The summed E-state index contributed by atoms with van der Waals surface area (Å²) in [6.07, 6.45) is 0.756. The van der Waals surface area contributed by atoms with E-state index in [-0.39, 0.29) is 12.1 Å². The molecule has 1 aliphatic rings. The molecule has 1 aliphatic heterocycles. The molecule has 0 aromatic heterocycles. The second-order valence-corrected chi connectivity index (χ2v) is 7.50. The molecule has 1 unspecified atom stereocenters. The maximum Gasteiger partial charge on any atom is 0.339 e. The molecule has 4 rings (SSSR count). The number of halogens is 1. The smallest absolute Gasteiger partial charge is 0.339 e. The molecule has 0 bridgehead atoms. The quantitative estimate of drug-likeness (QED) is 0.584. The highest BCUT2D eigenvalue weighted by molar-refractivity contribution is 6.30. The third kappa shape index (κ3) is 3.89. The van der Waals surface area contributed by atoms with E-state index in [1.807, 2.05) is 36.4 Å². The van der Waals surface area contributed by atoms with Gasteiger partial charge in [-0.3, -0.25) is 0 Å². The minimum absolute atomic E-state index is 0.252. The predicted molar refractivity (Wildman–Crippen MR) is 117 cm³/mol. The van der Waals surface area contributed by atoms with Gasteiger partial charge in [-0.2, -0.15) is 0 Å². The Morgan fingerprint density at radius 3 is 2.47 bits per heavy atom. The number of nitrogens with zero attached hydrogens (tertiary/aromatic N) is 1. The van der Waals surface area contributed by atoms with Gasteiger partial charge in [-0.05, 0) is 47.4 Å². The number of para-hydroxylation sites is 1. The minimum Gasteiger partial charge on any atom is -0.465 e. The average Bonchev–Trinajstić information content (AvgIpc) is 2.78. The third-order valence-corrected chi connectivity index (χ3v) is 5.56. The van der Waals surface area contributed by atoms with Crippen molar-refractivity contribution in [1.29, 1.82) is 0 Å². The number of hydrogen-bond acceptors (Lipinski definition) is 3. The van der Waals surface area contributed by atoms with Crippen LogP contribution in [0.4, 0.5) is 10.5 Å². The lowest BCUT2D eigenvalue weighted by atomic mass is 9.88. The van der Waals surface area contributed by atoms with Gasteiger partial charge in [-0.25, -0.2) is 9.59 Å². The van der Waals surface area contributed by atoms with Crippen molar-refractivity contribution in [3.63, 3.8) is 0 Å². The van der Waals surface area contributed by atoms with E-state index in [1.165, 1.54) is 12.7 Å². The number of amides is 2. The number of esters is 1. The van der Waals surface area contributed by atoms with Crippen LogP contribution in [0.15, 0.2) is 72.8 Å². The summed E-state index contributed by atoms with van der Waals surface area (Å²) >= 11 is 6.08. The molecule has 0 saturated heterocycles. The lowest BCUT2D eigenvalue weighted by Gasteiger charge is -2.37. The first-order valence-electron chi connectivity index (χ1n) is 9.66. The Hall–Kier alpha value is -3.31. The molecule has 3 aromatic carbocycles. The standard InChI is InChI=1S/C24H21ClN2O3/c1-30-23(28)20-8-4-5-9-21(20)26-24(29)27-15-14-16-6-2-3-7-19(16)22(27)17-10-12-18(25)13-11-17/h2-13,22H,14-15H2,1H3,(H,26,29). The van der Waals surface area contributed by atoms with Gasteiger partial charge in [0.15, 0.2) is 0 Å². The number of ether oxygens (including phenoxy) is 1. The first-order valence-corrected chi connectivity index (χ1v) is 10.0. The van der Waals surface area contributed by atoms with Gasteiger partial charge in [0, 0.05) is 11.6 Å². The summed E-state index contributed by atoms with van der Waals surface area (Å²) in [4.78, 5) is 27.2. The van der Waals surface area contributed by atoms with Gasteiger partial charge in [-0.1, -0.05) is 60.1 Å². The lowest BCUT2D eigenvalue weighted by molar-refractivity contribution is 0.0602. The fourth-order valence-corrected chi connectivity index (χ4v) is 3.98. The van der Waals surface area contributed by atoms with Crippen molar-refractivity contribution in [3.05, 3.63) is 100 Å². The molecule has 152 valence electrons. The van der Waals surface area contributed by atoms with E-state index in [4.69, 9.17) is 16.3 Å². The number of carbonyl (C=O) groups excluding carboxylic acids is 2. The van der Waals surface area contributed by atoms with Crippen molar-refractivity contribution in [2.24, 2.45) is 0 Å². The number of anilines is 1. The van der Waals surface area contributed by atoms with E-state index in [0.29, 0.717) is 22.8 Å². The number of nitrogens with one attached hydrogen (secondary N) is 1. The maximum atomic E-state index is 13.3. The molecule has 0 spiro atoms. The van der Waals surface area contributed by atoms with Crippen molar-refractivity contribution < 1.29 is 14.3 Å². The van der Waals surface area contributed by atoms with Gasteiger partial charge in [-0.15, -0.1) is 0 Å². The topological polar surface area (TPSA) is 58.6 Å². The van der Waals surface area contributed by atoms with E-state index in [9.17, 15) is 9.59 Å². The van der Waals surface area contributed by atoms with E-state index in [0.717, 1.165) is 17.5 Å². The Morgan fingerprint density at radius 1 is 1.00 bits per heavy atom. The number of methoxy groups -OCH3 is 1. The molecule has 0 fully saturated rings. The van der Waals surface area contributed by atoms with Crippen LogP contribution in [0, 0.1) is 0 Å². The third-order valence-electron chi connectivity index (χ3n) is 5.30. The first-order chi connectivity index (χ1) is 14.6. The van der Waals surface area contributed by atoms with E-state index >= 15 is 0 Å². The van der Waals surface area contributed by atoms with Crippen molar-refractivity contribution in [3.8, 4) is 0 Å². The van der Waals surface area contributed by atoms with Gasteiger partial charge >= 0.3 is 12.0 Å². The van der Waals surface area contributed by atoms with Crippen LogP contribution in [0.2, 0.25) is 5.02 Å². The molecule has 3 aromatic rings. The summed E-state index contributed by atoms with van der Waals surface area (Å²) in [7, 11) is 1.32. The maximum absolute atomic E-state index is 13.3. The highest BCUT2D eigenvalue weighted by Crippen LogP contribution is 2.36. The highest BCUT2D eigenvalue weighted by atomic mass is 35.5. The molecule has 30 heavy (non-hydrogen) atoms. The van der Waals surface area contributed by atoms with Gasteiger partial charge in [0.2, 0.25) is 0 Å². The van der Waals surface area contributed by atoms with Crippen LogP contribution in [0.1, 0.15) is 33.1 Å². The molecule has 1 atom stereocenters. The normalized spacial score (nSPS) is 15.3. The van der Waals surface area contributed by atoms with Crippen LogP contribution in [-0.2, 0) is 11.2 Å².